The fourth-order valence-corrected chi connectivity index (χ4v) is 4.79. The van der Waals surface area contributed by atoms with Gasteiger partial charge in [0.2, 0.25) is 0 Å². The maximum atomic E-state index is 11.6. The van der Waals surface area contributed by atoms with Crippen LogP contribution in [0.15, 0.2) is 77.8 Å². The first-order valence-corrected chi connectivity index (χ1v) is 12.4. The number of fused-ring (bicyclic) bond motifs is 1. The number of benzene rings is 3. The number of nitrogens with zero attached hydrogens (tertiary/aromatic N) is 3. The summed E-state index contributed by atoms with van der Waals surface area (Å²) in [6.07, 6.45) is 0. The number of β-amino-alcohol motifs (C(OH)–C–C–N with tert-alkyl or cyclic N) is 1. The Kier molecular flexibility index (Phi) is 7.32. The standard InChI is InChI=1S/C29H30N4O4/c34-17-16-32-12-14-33(15-13-32)19-20-6-9-23(10-7-20)30-27(21-4-2-1-3-5-21)26-24-18-22(29(36)37)8-11-25(24)31-28(26)35/h1-11,18,31,34-35H,12-17,19H2,(H,36,37). The second kappa shape index (κ2) is 11.0. The number of aromatic amines is 1. The average molecular weight is 499 g/mol. The predicted octanol–water partition coefficient (Wildman–Crippen LogP) is 3.85. The van der Waals surface area contributed by atoms with E-state index in [0.29, 0.717) is 22.2 Å². The first-order valence-electron chi connectivity index (χ1n) is 12.4. The van der Waals surface area contributed by atoms with Crippen LogP contribution in [-0.4, -0.2) is 81.1 Å². The highest BCUT2D eigenvalue weighted by molar-refractivity contribution is 6.22. The Morgan fingerprint density at radius 3 is 2.27 bits per heavy atom. The van der Waals surface area contributed by atoms with Gasteiger partial charge in [0.25, 0.3) is 0 Å². The van der Waals surface area contributed by atoms with Gasteiger partial charge in [0.05, 0.1) is 29.1 Å². The molecule has 0 saturated carbocycles. The Balaban J connectivity index is 1.45. The Hall–Kier alpha value is -3.98. The van der Waals surface area contributed by atoms with Crippen LogP contribution >= 0.6 is 0 Å². The number of aromatic carboxylic acids is 1. The summed E-state index contributed by atoms with van der Waals surface area (Å²) in [5, 5.41) is 30.1. The van der Waals surface area contributed by atoms with Crippen molar-refractivity contribution in [2.75, 3.05) is 39.3 Å². The van der Waals surface area contributed by atoms with Crippen LogP contribution in [0.5, 0.6) is 5.88 Å². The smallest absolute Gasteiger partial charge is 0.335 e. The van der Waals surface area contributed by atoms with E-state index in [0.717, 1.165) is 50.5 Å². The van der Waals surface area contributed by atoms with Crippen LogP contribution in [0.1, 0.15) is 27.0 Å². The maximum Gasteiger partial charge on any atom is 0.335 e. The molecule has 0 aliphatic carbocycles. The van der Waals surface area contributed by atoms with Gasteiger partial charge >= 0.3 is 5.97 Å². The monoisotopic (exact) mass is 498 g/mol. The van der Waals surface area contributed by atoms with Gasteiger partial charge in [0.15, 0.2) is 5.88 Å². The van der Waals surface area contributed by atoms with Gasteiger partial charge in [0, 0.05) is 55.7 Å². The zero-order valence-electron chi connectivity index (χ0n) is 20.5. The Morgan fingerprint density at radius 2 is 1.59 bits per heavy atom. The second-order valence-corrected chi connectivity index (χ2v) is 9.25. The van der Waals surface area contributed by atoms with Gasteiger partial charge in [-0.05, 0) is 35.9 Å². The van der Waals surface area contributed by atoms with Crippen LogP contribution in [-0.2, 0) is 6.54 Å². The number of H-pyrrole nitrogens is 1. The summed E-state index contributed by atoms with van der Waals surface area (Å²) in [6.45, 7) is 5.64. The minimum atomic E-state index is -1.03. The molecule has 5 rings (SSSR count). The third-order valence-corrected chi connectivity index (χ3v) is 6.77. The van der Waals surface area contributed by atoms with E-state index >= 15 is 0 Å². The lowest BCUT2D eigenvalue weighted by Gasteiger charge is -2.34. The molecule has 0 unspecified atom stereocenters. The summed E-state index contributed by atoms with van der Waals surface area (Å²) >= 11 is 0. The van der Waals surface area contributed by atoms with Crippen molar-refractivity contribution in [1.82, 2.24) is 14.8 Å². The molecule has 1 aliphatic heterocycles. The third kappa shape index (κ3) is 5.56. The Labute approximate surface area is 215 Å². The van der Waals surface area contributed by atoms with E-state index in [1.54, 1.807) is 12.1 Å². The quantitative estimate of drug-likeness (QED) is 0.275. The van der Waals surface area contributed by atoms with E-state index in [4.69, 9.17) is 10.1 Å². The molecule has 3 aromatic carbocycles. The molecule has 0 bridgehead atoms. The minimum absolute atomic E-state index is 0.0582. The number of carbonyl (C=O) groups is 1. The van der Waals surface area contributed by atoms with Crippen LogP contribution in [0.2, 0.25) is 0 Å². The lowest BCUT2D eigenvalue weighted by atomic mass is 9.99. The summed E-state index contributed by atoms with van der Waals surface area (Å²) in [5.41, 5.74) is 4.53. The van der Waals surface area contributed by atoms with Crippen LogP contribution in [0.3, 0.4) is 0 Å². The maximum absolute atomic E-state index is 11.6. The van der Waals surface area contributed by atoms with Crippen molar-refractivity contribution in [3.8, 4) is 5.88 Å². The van der Waals surface area contributed by atoms with Crippen molar-refractivity contribution < 1.29 is 20.1 Å². The van der Waals surface area contributed by atoms with Crippen molar-refractivity contribution in [2.45, 2.75) is 6.54 Å². The molecule has 0 radical (unpaired) electrons. The highest BCUT2D eigenvalue weighted by Gasteiger charge is 2.20. The summed E-state index contributed by atoms with van der Waals surface area (Å²) in [4.78, 5) is 24.2. The van der Waals surface area contributed by atoms with Gasteiger partial charge in [-0.2, -0.15) is 0 Å². The number of aliphatic hydroxyl groups is 1. The van der Waals surface area contributed by atoms with Gasteiger partial charge in [-0.15, -0.1) is 0 Å². The number of nitrogens with one attached hydrogen (secondary N) is 1. The summed E-state index contributed by atoms with van der Waals surface area (Å²) in [7, 11) is 0. The number of aromatic hydroxyl groups is 1. The number of hydrogen-bond acceptors (Lipinski definition) is 6. The van der Waals surface area contributed by atoms with E-state index < -0.39 is 5.97 Å². The van der Waals surface area contributed by atoms with Crippen molar-refractivity contribution in [2.24, 2.45) is 4.99 Å². The zero-order valence-corrected chi connectivity index (χ0v) is 20.5. The first-order chi connectivity index (χ1) is 18.0. The predicted molar refractivity (Wildman–Crippen MR) is 144 cm³/mol. The number of hydrogen-bond donors (Lipinski definition) is 4. The van der Waals surface area contributed by atoms with Gasteiger partial charge in [-0.1, -0.05) is 42.5 Å². The molecule has 0 spiro atoms. The van der Waals surface area contributed by atoms with E-state index in [1.165, 1.54) is 11.6 Å². The summed E-state index contributed by atoms with van der Waals surface area (Å²) in [5.74, 6) is -1.09. The van der Waals surface area contributed by atoms with Crippen molar-refractivity contribution in [3.05, 3.63) is 95.1 Å². The highest BCUT2D eigenvalue weighted by atomic mass is 16.4. The molecule has 1 aliphatic rings. The molecule has 1 aromatic heterocycles. The lowest BCUT2D eigenvalue weighted by molar-refractivity contribution is 0.0697. The number of piperazine rings is 1. The SMILES string of the molecule is O=C(O)c1ccc2[nH]c(O)c(C(=Nc3ccc(CN4CCN(CCO)CC4)cc3)c3ccccc3)c2c1. The Bertz CT molecular complexity index is 1410. The molecule has 0 amide bonds. The molecule has 4 N–H and O–H groups in total. The number of aromatic nitrogens is 1. The fourth-order valence-electron chi connectivity index (χ4n) is 4.79. The van der Waals surface area contributed by atoms with E-state index in [1.807, 2.05) is 42.5 Å². The fraction of sp³-hybridized carbons (Fsp3) is 0.241. The highest BCUT2D eigenvalue weighted by Crippen LogP contribution is 2.32. The molecule has 1 fully saturated rings. The van der Waals surface area contributed by atoms with E-state index in [9.17, 15) is 15.0 Å². The Morgan fingerprint density at radius 1 is 0.892 bits per heavy atom. The summed E-state index contributed by atoms with van der Waals surface area (Å²) in [6, 6.07) is 22.4. The molecular weight excluding hydrogens is 468 g/mol. The first kappa shape index (κ1) is 24.7. The average Bonchev–Trinajstić information content (AvgIpc) is 3.24. The summed E-state index contributed by atoms with van der Waals surface area (Å²) < 4.78 is 0. The molecular formula is C29H30N4O4. The van der Waals surface area contributed by atoms with Gasteiger partial charge in [-0.25, -0.2) is 9.79 Å². The minimum Gasteiger partial charge on any atom is -0.494 e. The van der Waals surface area contributed by atoms with Crippen molar-refractivity contribution in [3.63, 3.8) is 0 Å². The molecule has 8 heteroatoms. The molecule has 0 atom stereocenters. The van der Waals surface area contributed by atoms with E-state index in [-0.39, 0.29) is 18.1 Å². The third-order valence-electron chi connectivity index (χ3n) is 6.77. The molecule has 2 heterocycles. The number of aliphatic hydroxyl groups excluding tert-OH is 1. The van der Waals surface area contributed by atoms with Crippen molar-refractivity contribution in [1.29, 1.82) is 0 Å². The van der Waals surface area contributed by atoms with Gasteiger partial charge in [0.1, 0.15) is 0 Å². The molecule has 8 nitrogen and oxygen atoms in total. The number of rotatable bonds is 8. The normalized spacial score (nSPS) is 15.3. The van der Waals surface area contributed by atoms with Crippen LogP contribution in [0.25, 0.3) is 10.9 Å². The van der Waals surface area contributed by atoms with Gasteiger partial charge in [-0.3, -0.25) is 9.80 Å². The van der Waals surface area contributed by atoms with Gasteiger partial charge < -0.3 is 20.3 Å². The molecule has 1 saturated heterocycles. The number of aliphatic imine (C=N–C) groups is 1. The molecule has 190 valence electrons. The number of carboxylic acid groups (broad SMARTS) is 1. The van der Waals surface area contributed by atoms with Crippen LogP contribution in [0, 0.1) is 0 Å². The van der Waals surface area contributed by atoms with Crippen molar-refractivity contribution >= 4 is 28.3 Å². The topological polar surface area (TPSA) is 112 Å². The van der Waals surface area contributed by atoms with E-state index in [2.05, 4.69) is 26.9 Å². The second-order valence-electron chi connectivity index (χ2n) is 9.25. The zero-order chi connectivity index (χ0) is 25.8. The largest absolute Gasteiger partial charge is 0.494 e. The molecule has 4 aromatic rings. The van der Waals surface area contributed by atoms with Crippen LogP contribution < -0.4 is 0 Å². The van der Waals surface area contributed by atoms with Crippen LogP contribution in [0.4, 0.5) is 5.69 Å². The lowest BCUT2D eigenvalue weighted by Crippen LogP contribution is -2.46. The molecule has 37 heavy (non-hydrogen) atoms. The number of carboxylic acids is 1.